The number of carbonyl (C=O) groups is 1. The summed E-state index contributed by atoms with van der Waals surface area (Å²) in [7, 11) is 0. The number of carbonyl (C=O) groups excluding carboxylic acids is 1. The fourth-order valence-electron chi connectivity index (χ4n) is 2.35. The normalized spacial score (nSPS) is 25.5. The minimum absolute atomic E-state index is 0.154. The number of thiocarbonyl (C=S) groups is 1. The van der Waals surface area contributed by atoms with E-state index in [9.17, 15) is 4.79 Å². The molecule has 2 fully saturated rings. The van der Waals surface area contributed by atoms with Crippen molar-refractivity contribution in [3.05, 3.63) is 0 Å². The molecule has 4 nitrogen and oxygen atoms in total. The highest BCUT2D eigenvalue weighted by Crippen LogP contribution is 2.17. The average molecular weight is 241 g/mol. The van der Waals surface area contributed by atoms with Crippen LogP contribution in [0.3, 0.4) is 0 Å². The zero-order valence-electron chi connectivity index (χ0n) is 9.42. The van der Waals surface area contributed by atoms with E-state index >= 15 is 0 Å². The minimum atomic E-state index is 0.154. The van der Waals surface area contributed by atoms with Crippen molar-refractivity contribution >= 4 is 23.2 Å². The van der Waals surface area contributed by atoms with Gasteiger partial charge in [0, 0.05) is 25.0 Å². The lowest BCUT2D eigenvalue weighted by Gasteiger charge is -2.17. The van der Waals surface area contributed by atoms with Crippen molar-refractivity contribution in [1.29, 1.82) is 0 Å². The molecule has 5 heteroatoms. The van der Waals surface area contributed by atoms with Crippen LogP contribution in [0.5, 0.6) is 0 Å². The largest absolute Gasteiger partial charge is 0.361 e. The van der Waals surface area contributed by atoms with Gasteiger partial charge in [0.25, 0.3) is 0 Å². The summed E-state index contributed by atoms with van der Waals surface area (Å²) < 4.78 is 0. The lowest BCUT2D eigenvalue weighted by atomic mass is 10.2. The number of hydrogen-bond acceptors (Lipinski definition) is 2. The van der Waals surface area contributed by atoms with Gasteiger partial charge in [-0.1, -0.05) is 12.8 Å². The second-order valence-corrected chi connectivity index (χ2v) is 5.05. The van der Waals surface area contributed by atoms with Crippen molar-refractivity contribution < 1.29 is 4.79 Å². The fraction of sp³-hybridized carbons (Fsp3) is 0.818. The maximum Gasteiger partial charge on any atom is 0.220 e. The Hall–Kier alpha value is -0.840. The summed E-state index contributed by atoms with van der Waals surface area (Å²) in [6, 6.07) is 0.800. The lowest BCUT2D eigenvalue weighted by Crippen LogP contribution is -2.45. The van der Waals surface area contributed by atoms with E-state index in [1.807, 2.05) is 0 Å². The van der Waals surface area contributed by atoms with E-state index in [0.29, 0.717) is 12.5 Å². The molecule has 0 spiro atoms. The molecule has 1 aliphatic heterocycles. The molecule has 1 unspecified atom stereocenters. The van der Waals surface area contributed by atoms with E-state index in [2.05, 4.69) is 16.0 Å². The van der Waals surface area contributed by atoms with Gasteiger partial charge in [0.05, 0.1) is 0 Å². The van der Waals surface area contributed by atoms with E-state index in [-0.39, 0.29) is 11.9 Å². The molecule has 1 saturated carbocycles. The van der Waals surface area contributed by atoms with Gasteiger partial charge >= 0.3 is 0 Å². The molecule has 3 N–H and O–H groups in total. The van der Waals surface area contributed by atoms with Gasteiger partial charge in [-0.15, -0.1) is 0 Å². The Labute approximate surface area is 102 Å². The minimum Gasteiger partial charge on any atom is -0.361 e. The van der Waals surface area contributed by atoms with E-state index in [4.69, 9.17) is 12.2 Å². The molecule has 0 aromatic rings. The van der Waals surface area contributed by atoms with E-state index in [1.54, 1.807) is 0 Å². The number of nitrogens with one attached hydrogen (secondary N) is 3. The second-order valence-electron chi connectivity index (χ2n) is 4.64. The zero-order valence-corrected chi connectivity index (χ0v) is 10.2. The number of hydrogen-bond donors (Lipinski definition) is 3. The summed E-state index contributed by atoms with van der Waals surface area (Å²) in [4.78, 5) is 11.0. The van der Waals surface area contributed by atoms with Gasteiger partial charge in [-0.05, 0) is 31.5 Å². The molecule has 1 atom stereocenters. The summed E-state index contributed by atoms with van der Waals surface area (Å²) in [6.07, 6.45) is 6.62. The van der Waals surface area contributed by atoms with Gasteiger partial charge in [0.2, 0.25) is 5.91 Å². The van der Waals surface area contributed by atoms with Crippen LogP contribution in [-0.4, -0.2) is 29.6 Å². The third kappa shape index (κ3) is 3.33. The number of rotatable bonds is 3. The van der Waals surface area contributed by atoms with Crippen LogP contribution >= 0.6 is 12.2 Å². The Morgan fingerprint density at radius 1 is 1.38 bits per heavy atom. The van der Waals surface area contributed by atoms with Crippen LogP contribution in [0.4, 0.5) is 0 Å². The smallest absolute Gasteiger partial charge is 0.220 e. The first-order valence-corrected chi connectivity index (χ1v) is 6.48. The number of amides is 1. The second kappa shape index (κ2) is 5.48. The monoisotopic (exact) mass is 241 g/mol. The third-order valence-electron chi connectivity index (χ3n) is 3.28. The van der Waals surface area contributed by atoms with Crippen molar-refractivity contribution in [2.75, 3.05) is 6.54 Å². The molecular formula is C11H19N3OS. The molecular weight excluding hydrogens is 222 g/mol. The molecule has 2 aliphatic rings. The molecule has 1 heterocycles. The molecule has 1 amide bonds. The predicted molar refractivity (Wildman–Crippen MR) is 67.2 cm³/mol. The van der Waals surface area contributed by atoms with Crippen LogP contribution in [0, 0.1) is 0 Å². The highest BCUT2D eigenvalue weighted by Gasteiger charge is 2.21. The van der Waals surface area contributed by atoms with Gasteiger partial charge in [0.15, 0.2) is 5.11 Å². The Kier molecular flexibility index (Phi) is 3.98. The van der Waals surface area contributed by atoms with Crippen LogP contribution in [-0.2, 0) is 4.79 Å². The Morgan fingerprint density at radius 2 is 2.12 bits per heavy atom. The van der Waals surface area contributed by atoms with Crippen molar-refractivity contribution in [3.63, 3.8) is 0 Å². The average Bonchev–Trinajstić information content (AvgIpc) is 2.87. The van der Waals surface area contributed by atoms with Gasteiger partial charge in [-0.25, -0.2) is 0 Å². The Morgan fingerprint density at radius 3 is 2.75 bits per heavy atom. The van der Waals surface area contributed by atoms with Crippen molar-refractivity contribution in [1.82, 2.24) is 16.0 Å². The molecule has 1 saturated heterocycles. The summed E-state index contributed by atoms with van der Waals surface area (Å²) >= 11 is 5.22. The molecule has 90 valence electrons. The maximum atomic E-state index is 11.0. The van der Waals surface area contributed by atoms with Gasteiger partial charge in [-0.2, -0.15) is 0 Å². The first kappa shape index (κ1) is 11.6. The van der Waals surface area contributed by atoms with Crippen LogP contribution < -0.4 is 16.0 Å². The van der Waals surface area contributed by atoms with Crippen LogP contribution in [0.15, 0.2) is 0 Å². The lowest BCUT2D eigenvalue weighted by molar-refractivity contribution is -0.119. The Bertz CT molecular complexity index is 276. The van der Waals surface area contributed by atoms with Gasteiger partial charge in [-0.3, -0.25) is 4.79 Å². The topological polar surface area (TPSA) is 53.2 Å². The van der Waals surface area contributed by atoms with E-state index < -0.39 is 0 Å². The van der Waals surface area contributed by atoms with Crippen molar-refractivity contribution in [2.45, 2.75) is 50.6 Å². The molecule has 0 radical (unpaired) electrons. The molecule has 0 bridgehead atoms. The molecule has 0 aromatic carbocycles. The summed E-state index contributed by atoms with van der Waals surface area (Å²) in [6.45, 7) is 0.740. The SMILES string of the molecule is O=C1CCC(CNC(=S)NC2CCCC2)N1. The first-order chi connectivity index (χ1) is 7.74. The van der Waals surface area contributed by atoms with Crippen LogP contribution in [0.2, 0.25) is 0 Å². The standard InChI is InChI=1S/C11H19N3OS/c15-10-6-5-9(13-10)7-12-11(16)14-8-3-1-2-4-8/h8-9H,1-7H2,(H,13,15)(H2,12,14,16). The van der Waals surface area contributed by atoms with Crippen molar-refractivity contribution in [2.24, 2.45) is 0 Å². The van der Waals surface area contributed by atoms with Gasteiger partial charge < -0.3 is 16.0 Å². The van der Waals surface area contributed by atoms with E-state index in [1.165, 1.54) is 25.7 Å². The zero-order chi connectivity index (χ0) is 11.4. The summed E-state index contributed by atoms with van der Waals surface area (Å²) in [5, 5.41) is 10.1. The molecule has 2 rings (SSSR count). The fourth-order valence-corrected chi connectivity index (χ4v) is 2.60. The molecule has 1 aliphatic carbocycles. The summed E-state index contributed by atoms with van der Waals surface area (Å²) in [5.74, 6) is 0.154. The Balaban J connectivity index is 1.61. The molecule has 16 heavy (non-hydrogen) atoms. The maximum absolute atomic E-state index is 11.0. The quantitative estimate of drug-likeness (QED) is 0.636. The third-order valence-corrected chi connectivity index (χ3v) is 3.55. The predicted octanol–water partition coefficient (Wildman–Crippen LogP) is 0.672. The first-order valence-electron chi connectivity index (χ1n) is 6.08. The summed E-state index contributed by atoms with van der Waals surface area (Å²) in [5.41, 5.74) is 0. The van der Waals surface area contributed by atoms with Crippen LogP contribution in [0.25, 0.3) is 0 Å². The highest BCUT2D eigenvalue weighted by molar-refractivity contribution is 7.80. The van der Waals surface area contributed by atoms with Gasteiger partial charge in [0.1, 0.15) is 0 Å². The van der Waals surface area contributed by atoms with Crippen molar-refractivity contribution in [3.8, 4) is 0 Å². The van der Waals surface area contributed by atoms with E-state index in [0.717, 1.165) is 18.1 Å². The molecule has 0 aromatic heterocycles. The van der Waals surface area contributed by atoms with Crippen LogP contribution in [0.1, 0.15) is 38.5 Å². The highest BCUT2D eigenvalue weighted by atomic mass is 32.1.